The Labute approximate surface area is 97.8 Å². The Morgan fingerprint density at radius 3 is 2.56 bits per heavy atom. The highest BCUT2D eigenvalue weighted by atomic mass is 16.5. The highest BCUT2D eigenvalue weighted by molar-refractivity contribution is 5.24. The molecule has 0 spiro atoms. The lowest BCUT2D eigenvalue weighted by Gasteiger charge is -2.12. The molecule has 88 valence electrons. The normalized spacial score (nSPS) is 17.4. The van der Waals surface area contributed by atoms with Gasteiger partial charge in [-0.2, -0.15) is 0 Å². The molecule has 0 aromatic heterocycles. The van der Waals surface area contributed by atoms with Gasteiger partial charge in [0.05, 0.1) is 12.6 Å². The summed E-state index contributed by atoms with van der Waals surface area (Å²) < 4.78 is 5.61. The molecular weight excluding hydrogens is 198 g/mol. The van der Waals surface area contributed by atoms with Crippen molar-refractivity contribution < 1.29 is 4.74 Å². The van der Waals surface area contributed by atoms with E-state index in [9.17, 15) is 0 Å². The standard InChI is InChI=1S/C14H21NO/c1-2-11-5-7-13(8-6-11)14(15)10-16-9-12-3-4-12/h5-8,12,14H,2-4,9-10,15H2,1H3. The third-order valence-electron chi connectivity index (χ3n) is 3.16. The maximum Gasteiger partial charge on any atom is 0.0659 e. The second-order valence-electron chi connectivity index (χ2n) is 4.68. The molecule has 1 aromatic rings. The summed E-state index contributed by atoms with van der Waals surface area (Å²) in [6, 6.07) is 8.55. The molecule has 1 atom stereocenters. The molecule has 1 unspecified atom stereocenters. The first-order valence-electron chi connectivity index (χ1n) is 6.21. The Hall–Kier alpha value is -0.860. The van der Waals surface area contributed by atoms with Crippen molar-refractivity contribution in [3.05, 3.63) is 35.4 Å². The largest absolute Gasteiger partial charge is 0.379 e. The molecule has 1 aliphatic rings. The fourth-order valence-electron chi connectivity index (χ4n) is 1.74. The Kier molecular flexibility index (Phi) is 3.97. The number of hydrogen-bond acceptors (Lipinski definition) is 2. The Morgan fingerprint density at radius 1 is 1.31 bits per heavy atom. The number of benzene rings is 1. The minimum atomic E-state index is 0.0182. The van der Waals surface area contributed by atoms with Gasteiger partial charge in [0.2, 0.25) is 0 Å². The van der Waals surface area contributed by atoms with Crippen LogP contribution in [0.5, 0.6) is 0 Å². The van der Waals surface area contributed by atoms with Crippen molar-refractivity contribution in [3.8, 4) is 0 Å². The monoisotopic (exact) mass is 219 g/mol. The van der Waals surface area contributed by atoms with Crippen molar-refractivity contribution in [3.63, 3.8) is 0 Å². The number of hydrogen-bond donors (Lipinski definition) is 1. The highest BCUT2D eigenvalue weighted by Gasteiger charge is 2.21. The van der Waals surface area contributed by atoms with E-state index in [4.69, 9.17) is 10.5 Å². The zero-order valence-electron chi connectivity index (χ0n) is 9.99. The van der Waals surface area contributed by atoms with Gasteiger partial charge in [0.15, 0.2) is 0 Å². The van der Waals surface area contributed by atoms with Gasteiger partial charge in [-0.05, 0) is 36.3 Å². The number of aryl methyl sites for hydroxylation is 1. The summed E-state index contributed by atoms with van der Waals surface area (Å²) in [5.41, 5.74) is 8.60. The topological polar surface area (TPSA) is 35.2 Å². The average Bonchev–Trinajstić information content (AvgIpc) is 3.13. The lowest BCUT2D eigenvalue weighted by Crippen LogP contribution is -2.17. The van der Waals surface area contributed by atoms with Crippen LogP contribution in [-0.4, -0.2) is 13.2 Å². The number of rotatable bonds is 6. The van der Waals surface area contributed by atoms with Gasteiger partial charge in [-0.1, -0.05) is 31.2 Å². The van der Waals surface area contributed by atoms with Crippen molar-refractivity contribution in [2.75, 3.05) is 13.2 Å². The number of ether oxygens (including phenoxy) is 1. The van der Waals surface area contributed by atoms with Crippen LogP contribution in [-0.2, 0) is 11.2 Å². The maximum atomic E-state index is 6.07. The SMILES string of the molecule is CCc1ccc(C(N)COCC2CC2)cc1. The molecule has 1 aromatic carbocycles. The van der Waals surface area contributed by atoms with E-state index in [0.29, 0.717) is 6.61 Å². The zero-order chi connectivity index (χ0) is 11.4. The zero-order valence-corrected chi connectivity index (χ0v) is 9.99. The van der Waals surface area contributed by atoms with Crippen molar-refractivity contribution in [1.29, 1.82) is 0 Å². The van der Waals surface area contributed by atoms with Crippen molar-refractivity contribution >= 4 is 0 Å². The van der Waals surface area contributed by atoms with E-state index < -0.39 is 0 Å². The molecule has 1 aliphatic carbocycles. The maximum absolute atomic E-state index is 6.07. The Bertz CT molecular complexity index is 316. The van der Waals surface area contributed by atoms with Crippen LogP contribution in [0.3, 0.4) is 0 Å². The Morgan fingerprint density at radius 2 is 2.00 bits per heavy atom. The van der Waals surface area contributed by atoms with Crippen LogP contribution in [0.25, 0.3) is 0 Å². The first-order valence-corrected chi connectivity index (χ1v) is 6.21. The summed E-state index contributed by atoms with van der Waals surface area (Å²) in [6.45, 7) is 3.69. The van der Waals surface area contributed by atoms with Crippen LogP contribution < -0.4 is 5.73 Å². The quantitative estimate of drug-likeness (QED) is 0.798. The summed E-state index contributed by atoms with van der Waals surface area (Å²) in [4.78, 5) is 0. The summed E-state index contributed by atoms with van der Waals surface area (Å²) in [7, 11) is 0. The van der Waals surface area contributed by atoms with Gasteiger partial charge in [0.1, 0.15) is 0 Å². The van der Waals surface area contributed by atoms with Crippen LogP contribution in [0.2, 0.25) is 0 Å². The molecule has 0 radical (unpaired) electrons. The fraction of sp³-hybridized carbons (Fsp3) is 0.571. The van der Waals surface area contributed by atoms with E-state index >= 15 is 0 Å². The van der Waals surface area contributed by atoms with Crippen molar-refractivity contribution in [2.24, 2.45) is 11.7 Å². The molecule has 1 saturated carbocycles. The lowest BCUT2D eigenvalue weighted by molar-refractivity contribution is 0.112. The van der Waals surface area contributed by atoms with Gasteiger partial charge < -0.3 is 10.5 Å². The minimum Gasteiger partial charge on any atom is -0.379 e. The van der Waals surface area contributed by atoms with E-state index in [1.807, 2.05) is 0 Å². The predicted molar refractivity (Wildman–Crippen MR) is 66.3 cm³/mol. The molecule has 0 heterocycles. The van der Waals surface area contributed by atoms with Gasteiger partial charge in [0, 0.05) is 6.61 Å². The van der Waals surface area contributed by atoms with Crippen LogP contribution in [0.4, 0.5) is 0 Å². The van der Waals surface area contributed by atoms with E-state index in [0.717, 1.165) is 18.9 Å². The minimum absolute atomic E-state index is 0.0182. The van der Waals surface area contributed by atoms with Crippen LogP contribution in [0.15, 0.2) is 24.3 Å². The third-order valence-corrected chi connectivity index (χ3v) is 3.16. The van der Waals surface area contributed by atoms with Crippen molar-refractivity contribution in [2.45, 2.75) is 32.2 Å². The predicted octanol–water partition coefficient (Wildman–Crippen LogP) is 2.68. The van der Waals surface area contributed by atoms with Crippen LogP contribution in [0, 0.1) is 5.92 Å². The lowest BCUT2D eigenvalue weighted by atomic mass is 10.1. The summed E-state index contributed by atoms with van der Waals surface area (Å²) in [5, 5.41) is 0. The van der Waals surface area contributed by atoms with E-state index in [2.05, 4.69) is 31.2 Å². The highest BCUT2D eigenvalue weighted by Crippen LogP contribution is 2.29. The summed E-state index contributed by atoms with van der Waals surface area (Å²) >= 11 is 0. The first-order chi connectivity index (χ1) is 7.79. The van der Waals surface area contributed by atoms with Gasteiger partial charge >= 0.3 is 0 Å². The molecule has 1 fully saturated rings. The smallest absolute Gasteiger partial charge is 0.0659 e. The molecular formula is C14H21NO. The van der Waals surface area contributed by atoms with Gasteiger partial charge in [-0.25, -0.2) is 0 Å². The van der Waals surface area contributed by atoms with Gasteiger partial charge in [0.25, 0.3) is 0 Å². The number of nitrogens with two attached hydrogens (primary N) is 1. The average molecular weight is 219 g/mol. The second-order valence-corrected chi connectivity index (χ2v) is 4.68. The molecule has 0 amide bonds. The molecule has 0 bridgehead atoms. The molecule has 2 N–H and O–H groups in total. The molecule has 2 rings (SSSR count). The molecule has 0 aliphatic heterocycles. The van der Waals surface area contributed by atoms with Crippen molar-refractivity contribution in [1.82, 2.24) is 0 Å². The van der Waals surface area contributed by atoms with E-state index in [-0.39, 0.29) is 6.04 Å². The molecule has 2 heteroatoms. The summed E-state index contributed by atoms with van der Waals surface area (Å²) in [5.74, 6) is 0.815. The van der Waals surface area contributed by atoms with Crippen LogP contribution >= 0.6 is 0 Å². The fourth-order valence-corrected chi connectivity index (χ4v) is 1.74. The molecule has 0 saturated heterocycles. The summed E-state index contributed by atoms with van der Waals surface area (Å²) in [6.07, 6.45) is 3.74. The van der Waals surface area contributed by atoms with E-state index in [1.165, 1.54) is 24.0 Å². The molecule has 16 heavy (non-hydrogen) atoms. The Balaban J connectivity index is 1.79. The van der Waals surface area contributed by atoms with Gasteiger partial charge in [-0.15, -0.1) is 0 Å². The van der Waals surface area contributed by atoms with Gasteiger partial charge in [-0.3, -0.25) is 0 Å². The van der Waals surface area contributed by atoms with Crippen LogP contribution in [0.1, 0.15) is 36.9 Å². The van der Waals surface area contributed by atoms with E-state index in [1.54, 1.807) is 0 Å². The second kappa shape index (κ2) is 5.46. The molecule has 2 nitrogen and oxygen atoms in total. The first kappa shape index (κ1) is 11.6. The third kappa shape index (κ3) is 3.32.